The summed E-state index contributed by atoms with van der Waals surface area (Å²) in [5.74, 6) is -0.982. The van der Waals surface area contributed by atoms with Crippen molar-refractivity contribution >= 4 is 33.6 Å². The molecule has 0 saturated heterocycles. The first-order valence-corrected chi connectivity index (χ1v) is 7.74. The highest BCUT2D eigenvalue weighted by atomic mass is 79.9. The number of benzene rings is 1. The lowest BCUT2D eigenvalue weighted by molar-refractivity contribution is -0.155. The predicted octanol–water partition coefficient (Wildman–Crippen LogP) is 2.87. The van der Waals surface area contributed by atoms with Crippen LogP contribution in [0.1, 0.15) is 44.0 Å². The predicted molar refractivity (Wildman–Crippen MR) is 86.6 cm³/mol. The van der Waals surface area contributed by atoms with E-state index in [1.54, 1.807) is 45.0 Å². The van der Waals surface area contributed by atoms with Crippen molar-refractivity contribution in [3.63, 3.8) is 0 Å². The molecule has 0 saturated carbocycles. The van der Waals surface area contributed by atoms with E-state index in [1.807, 2.05) is 0 Å². The Morgan fingerprint density at radius 2 is 1.77 bits per heavy atom. The van der Waals surface area contributed by atoms with Gasteiger partial charge in [-0.2, -0.15) is 0 Å². The molecule has 0 atom stereocenters. The molecule has 1 aromatic rings. The number of amides is 1. The van der Waals surface area contributed by atoms with Crippen LogP contribution in [0.2, 0.25) is 0 Å². The van der Waals surface area contributed by atoms with Crippen LogP contribution in [0.25, 0.3) is 0 Å². The highest BCUT2D eigenvalue weighted by molar-refractivity contribution is 9.10. The van der Waals surface area contributed by atoms with E-state index in [2.05, 4.69) is 21.2 Å². The molecule has 1 rings (SSSR count). The molecule has 0 radical (unpaired) electrons. The molecule has 0 aliphatic rings. The van der Waals surface area contributed by atoms with Gasteiger partial charge in [-0.1, -0.05) is 34.1 Å². The van der Waals surface area contributed by atoms with Crippen molar-refractivity contribution in [2.75, 3.05) is 6.54 Å². The zero-order chi connectivity index (χ0) is 16.8. The van der Waals surface area contributed by atoms with Gasteiger partial charge in [-0.25, -0.2) is 0 Å². The Kier molecular flexibility index (Phi) is 6.74. The molecule has 0 heterocycles. The largest absolute Gasteiger partial charge is 0.460 e. The Balaban J connectivity index is 2.36. The first-order chi connectivity index (χ1) is 10.2. The van der Waals surface area contributed by atoms with Crippen molar-refractivity contribution in [3.05, 3.63) is 34.3 Å². The van der Waals surface area contributed by atoms with Gasteiger partial charge in [0, 0.05) is 16.5 Å². The number of ketones is 1. The number of esters is 1. The van der Waals surface area contributed by atoms with Crippen molar-refractivity contribution in [3.8, 4) is 0 Å². The van der Waals surface area contributed by atoms with Gasteiger partial charge in [-0.15, -0.1) is 0 Å². The minimum Gasteiger partial charge on any atom is -0.460 e. The van der Waals surface area contributed by atoms with Crippen LogP contribution in [-0.4, -0.2) is 29.8 Å². The van der Waals surface area contributed by atoms with Crippen LogP contribution in [0.5, 0.6) is 0 Å². The van der Waals surface area contributed by atoms with E-state index >= 15 is 0 Å². The molecule has 22 heavy (non-hydrogen) atoms. The number of hydrogen-bond acceptors (Lipinski definition) is 4. The highest BCUT2D eigenvalue weighted by Gasteiger charge is 2.17. The Morgan fingerprint density at radius 1 is 1.14 bits per heavy atom. The number of carbonyl (C=O) groups excluding carboxylic acids is 3. The van der Waals surface area contributed by atoms with Crippen LogP contribution >= 0.6 is 15.9 Å². The topological polar surface area (TPSA) is 72.5 Å². The van der Waals surface area contributed by atoms with Crippen molar-refractivity contribution in [2.24, 2.45) is 0 Å². The fourth-order valence-corrected chi connectivity index (χ4v) is 2.16. The molecule has 1 aromatic carbocycles. The van der Waals surface area contributed by atoms with E-state index in [-0.39, 0.29) is 31.1 Å². The number of carbonyl (C=O) groups is 3. The lowest BCUT2D eigenvalue weighted by Gasteiger charge is -2.19. The number of rotatable bonds is 6. The van der Waals surface area contributed by atoms with Crippen LogP contribution < -0.4 is 5.32 Å². The normalized spacial score (nSPS) is 10.9. The van der Waals surface area contributed by atoms with E-state index in [0.29, 0.717) is 10.0 Å². The summed E-state index contributed by atoms with van der Waals surface area (Å²) < 4.78 is 5.79. The van der Waals surface area contributed by atoms with E-state index in [9.17, 15) is 14.4 Å². The maximum Gasteiger partial charge on any atom is 0.306 e. The van der Waals surface area contributed by atoms with Crippen molar-refractivity contribution in [1.82, 2.24) is 5.32 Å². The molecule has 6 heteroatoms. The number of ether oxygens (including phenoxy) is 1. The standard InChI is InChI=1S/C16H20BrNO4/c1-16(2,3)22-15(21)9-8-14(20)18-10-13(19)11-6-4-5-7-12(11)17/h4-7H,8-10H2,1-3H3,(H,18,20). The lowest BCUT2D eigenvalue weighted by atomic mass is 10.1. The third-order valence-corrected chi connectivity index (χ3v) is 3.29. The van der Waals surface area contributed by atoms with Gasteiger partial charge in [0.1, 0.15) is 5.60 Å². The minimum absolute atomic E-state index is 0.00183. The Bertz CT molecular complexity index is 564. The summed E-state index contributed by atoms with van der Waals surface area (Å²) in [6.07, 6.45) is -0.00945. The molecular weight excluding hydrogens is 350 g/mol. The van der Waals surface area contributed by atoms with Crippen LogP contribution in [0.4, 0.5) is 0 Å². The summed E-state index contributed by atoms with van der Waals surface area (Å²) in [7, 11) is 0. The highest BCUT2D eigenvalue weighted by Crippen LogP contribution is 2.16. The fraction of sp³-hybridized carbons (Fsp3) is 0.438. The van der Waals surface area contributed by atoms with Crippen molar-refractivity contribution in [2.45, 2.75) is 39.2 Å². The first-order valence-electron chi connectivity index (χ1n) is 6.95. The third-order valence-electron chi connectivity index (χ3n) is 2.60. The van der Waals surface area contributed by atoms with Gasteiger partial charge in [0.2, 0.25) is 5.91 Å². The van der Waals surface area contributed by atoms with E-state index in [1.165, 1.54) is 0 Å². The molecule has 1 N–H and O–H groups in total. The maximum atomic E-state index is 12.0. The number of hydrogen-bond donors (Lipinski definition) is 1. The molecule has 0 fully saturated rings. The SMILES string of the molecule is CC(C)(C)OC(=O)CCC(=O)NCC(=O)c1ccccc1Br. The van der Waals surface area contributed by atoms with Gasteiger partial charge in [-0.05, 0) is 26.8 Å². The smallest absolute Gasteiger partial charge is 0.306 e. The molecule has 0 aromatic heterocycles. The quantitative estimate of drug-likeness (QED) is 0.617. The molecular formula is C16H20BrNO4. The van der Waals surface area contributed by atoms with Gasteiger partial charge in [0.05, 0.1) is 13.0 Å². The van der Waals surface area contributed by atoms with E-state index in [4.69, 9.17) is 4.74 Å². The van der Waals surface area contributed by atoms with Crippen molar-refractivity contribution < 1.29 is 19.1 Å². The second kappa shape index (κ2) is 8.08. The Morgan fingerprint density at radius 3 is 2.36 bits per heavy atom. The van der Waals surface area contributed by atoms with Gasteiger partial charge < -0.3 is 10.1 Å². The van der Waals surface area contributed by atoms with E-state index < -0.39 is 11.6 Å². The molecule has 0 aliphatic carbocycles. The second-order valence-corrected chi connectivity index (χ2v) is 6.62. The summed E-state index contributed by atoms with van der Waals surface area (Å²) in [6, 6.07) is 7.00. The molecule has 0 bridgehead atoms. The second-order valence-electron chi connectivity index (χ2n) is 5.77. The van der Waals surface area contributed by atoms with Gasteiger partial charge >= 0.3 is 5.97 Å². The van der Waals surface area contributed by atoms with Crippen molar-refractivity contribution in [1.29, 1.82) is 0 Å². The summed E-state index contributed by atoms with van der Waals surface area (Å²) in [5.41, 5.74) is -0.0572. The molecule has 5 nitrogen and oxygen atoms in total. The number of nitrogens with one attached hydrogen (secondary N) is 1. The van der Waals surface area contributed by atoms with E-state index in [0.717, 1.165) is 0 Å². The molecule has 0 unspecified atom stereocenters. The lowest BCUT2D eigenvalue weighted by Crippen LogP contribution is -2.30. The average Bonchev–Trinajstić information content (AvgIpc) is 2.41. The van der Waals surface area contributed by atoms with Crippen LogP contribution in [0, 0.1) is 0 Å². The Labute approximate surface area is 138 Å². The van der Waals surface area contributed by atoms with Gasteiger partial charge in [0.25, 0.3) is 0 Å². The fourth-order valence-electron chi connectivity index (χ4n) is 1.66. The minimum atomic E-state index is -0.566. The number of halogens is 1. The summed E-state index contributed by atoms with van der Waals surface area (Å²) >= 11 is 3.29. The molecule has 1 amide bonds. The third kappa shape index (κ3) is 6.85. The molecule has 120 valence electrons. The van der Waals surface area contributed by atoms with Gasteiger partial charge in [0.15, 0.2) is 5.78 Å². The molecule has 0 aliphatic heterocycles. The number of Topliss-reactive ketones (excluding diaryl/α,β-unsaturated/α-hetero) is 1. The first kappa shape index (κ1) is 18.4. The van der Waals surface area contributed by atoms with Crippen LogP contribution in [0.3, 0.4) is 0 Å². The maximum absolute atomic E-state index is 12.0. The van der Waals surface area contributed by atoms with Crippen LogP contribution in [0.15, 0.2) is 28.7 Å². The molecule has 0 spiro atoms. The monoisotopic (exact) mass is 369 g/mol. The average molecular weight is 370 g/mol. The zero-order valence-electron chi connectivity index (χ0n) is 12.9. The van der Waals surface area contributed by atoms with Crippen LogP contribution in [-0.2, 0) is 14.3 Å². The zero-order valence-corrected chi connectivity index (χ0v) is 14.5. The summed E-state index contributed by atoms with van der Waals surface area (Å²) in [4.78, 5) is 35.1. The Hall–Kier alpha value is -1.69. The summed E-state index contributed by atoms with van der Waals surface area (Å²) in [6.45, 7) is 5.19. The summed E-state index contributed by atoms with van der Waals surface area (Å²) in [5, 5.41) is 2.51. The van der Waals surface area contributed by atoms with Gasteiger partial charge in [-0.3, -0.25) is 14.4 Å².